The normalized spacial score (nSPS) is 10.3. The molecule has 14 heavy (non-hydrogen) atoms. The second-order valence-corrected chi connectivity index (χ2v) is 3.97. The highest BCUT2D eigenvalue weighted by Gasteiger charge is 2.08. The number of halogens is 2. The SMILES string of the molecule is CCCN(C)c1cccc(Cl)c1CCl. The summed E-state index contributed by atoms with van der Waals surface area (Å²) in [4.78, 5) is 2.18. The number of hydrogen-bond acceptors (Lipinski definition) is 1. The molecule has 0 atom stereocenters. The van der Waals surface area contributed by atoms with Gasteiger partial charge in [-0.1, -0.05) is 24.6 Å². The lowest BCUT2D eigenvalue weighted by atomic mass is 10.2. The molecule has 0 fully saturated rings. The molecule has 1 rings (SSSR count). The summed E-state index contributed by atoms with van der Waals surface area (Å²) in [7, 11) is 2.06. The van der Waals surface area contributed by atoms with Crippen LogP contribution in [0.2, 0.25) is 5.02 Å². The van der Waals surface area contributed by atoms with Gasteiger partial charge in [0.2, 0.25) is 0 Å². The Morgan fingerprint density at radius 1 is 1.36 bits per heavy atom. The van der Waals surface area contributed by atoms with Crippen LogP contribution in [0.3, 0.4) is 0 Å². The van der Waals surface area contributed by atoms with Gasteiger partial charge in [-0.25, -0.2) is 0 Å². The Morgan fingerprint density at radius 3 is 2.64 bits per heavy atom. The molecule has 0 N–H and O–H groups in total. The third kappa shape index (κ3) is 2.55. The van der Waals surface area contributed by atoms with Crippen molar-refractivity contribution in [2.24, 2.45) is 0 Å². The lowest BCUT2D eigenvalue weighted by molar-refractivity contribution is 0.848. The fourth-order valence-electron chi connectivity index (χ4n) is 1.49. The quantitative estimate of drug-likeness (QED) is 0.711. The maximum Gasteiger partial charge on any atom is 0.0509 e. The van der Waals surface area contributed by atoms with Gasteiger partial charge in [-0.15, -0.1) is 11.6 Å². The number of hydrogen-bond donors (Lipinski definition) is 0. The summed E-state index contributed by atoms with van der Waals surface area (Å²) >= 11 is 11.9. The number of rotatable bonds is 4. The van der Waals surface area contributed by atoms with Crippen LogP contribution < -0.4 is 4.90 Å². The molecule has 0 amide bonds. The van der Waals surface area contributed by atoms with Crippen LogP contribution in [0.4, 0.5) is 5.69 Å². The van der Waals surface area contributed by atoms with Crippen LogP contribution in [0.15, 0.2) is 18.2 Å². The molecule has 0 bridgehead atoms. The van der Waals surface area contributed by atoms with Gasteiger partial charge in [0.05, 0.1) is 5.88 Å². The average molecular weight is 232 g/mol. The first-order valence-corrected chi connectivity index (χ1v) is 5.66. The highest BCUT2D eigenvalue weighted by molar-refractivity contribution is 6.32. The van der Waals surface area contributed by atoms with Gasteiger partial charge in [-0.2, -0.15) is 0 Å². The van der Waals surface area contributed by atoms with Crippen LogP contribution in [0, 0.1) is 0 Å². The lowest BCUT2D eigenvalue weighted by Crippen LogP contribution is -2.19. The van der Waals surface area contributed by atoms with Crippen molar-refractivity contribution in [3.63, 3.8) is 0 Å². The molecule has 1 aromatic rings. The molecule has 0 saturated carbocycles. The largest absolute Gasteiger partial charge is 0.374 e. The second-order valence-electron chi connectivity index (χ2n) is 3.29. The Labute approximate surface area is 95.6 Å². The van der Waals surface area contributed by atoms with E-state index in [1.807, 2.05) is 12.1 Å². The van der Waals surface area contributed by atoms with E-state index in [0.717, 1.165) is 29.2 Å². The zero-order valence-electron chi connectivity index (χ0n) is 8.56. The molecule has 1 aromatic carbocycles. The zero-order chi connectivity index (χ0) is 10.6. The Bertz CT molecular complexity index is 299. The molecule has 0 unspecified atom stereocenters. The number of nitrogens with zero attached hydrogens (tertiary/aromatic N) is 1. The molecule has 0 aliphatic heterocycles. The number of alkyl halides is 1. The molecular formula is C11H15Cl2N. The van der Waals surface area contributed by atoms with Gasteiger partial charge >= 0.3 is 0 Å². The van der Waals surface area contributed by atoms with Gasteiger partial charge in [-0.3, -0.25) is 0 Å². The fraction of sp³-hybridized carbons (Fsp3) is 0.455. The van der Waals surface area contributed by atoms with Crippen LogP contribution in [-0.4, -0.2) is 13.6 Å². The topological polar surface area (TPSA) is 3.24 Å². The van der Waals surface area contributed by atoms with E-state index in [1.165, 1.54) is 0 Å². The molecular weight excluding hydrogens is 217 g/mol. The molecule has 0 radical (unpaired) electrons. The molecule has 0 heterocycles. The third-order valence-corrected chi connectivity index (χ3v) is 2.82. The van der Waals surface area contributed by atoms with E-state index in [4.69, 9.17) is 23.2 Å². The molecule has 0 spiro atoms. The first-order valence-electron chi connectivity index (χ1n) is 4.75. The monoisotopic (exact) mass is 231 g/mol. The number of anilines is 1. The van der Waals surface area contributed by atoms with Crippen LogP contribution in [-0.2, 0) is 5.88 Å². The van der Waals surface area contributed by atoms with Crippen molar-refractivity contribution in [1.82, 2.24) is 0 Å². The van der Waals surface area contributed by atoms with Crippen molar-refractivity contribution in [3.05, 3.63) is 28.8 Å². The van der Waals surface area contributed by atoms with Crippen molar-refractivity contribution in [2.45, 2.75) is 19.2 Å². The highest BCUT2D eigenvalue weighted by Crippen LogP contribution is 2.28. The molecule has 0 saturated heterocycles. The number of benzene rings is 1. The van der Waals surface area contributed by atoms with Gasteiger partial charge in [0.25, 0.3) is 0 Å². The van der Waals surface area contributed by atoms with Crippen molar-refractivity contribution in [3.8, 4) is 0 Å². The summed E-state index contributed by atoms with van der Waals surface area (Å²) in [6, 6.07) is 5.89. The average Bonchev–Trinajstić information content (AvgIpc) is 2.17. The summed E-state index contributed by atoms with van der Waals surface area (Å²) < 4.78 is 0. The summed E-state index contributed by atoms with van der Waals surface area (Å²) in [5.41, 5.74) is 2.15. The Kier molecular flexibility index (Phi) is 4.56. The van der Waals surface area contributed by atoms with Gasteiger partial charge in [0.1, 0.15) is 0 Å². The molecule has 1 nitrogen and oxygen atoms in total. The predicted molar refractivity (Wildman–Crippen MR) is 64.6 cm³/mol. The summed E-state index contributed by atoms with van der Waals surface area (Å²) in [5, 5.41) is 0.750. The third-order valence-electron chi connectivity index (χ3n) is 2.20. The molecule has 0 aliphatic rings. The van der Waals surface area contributed by atoms with Crippen LogP contribution in [0.5, 0.6) is 0 Å². The van der Waals surface area contributed by atoms with E-state index in [2.05, 4.69) is 24.9 Å². The van der Waals surface area contributed by atoms with Crippen molar-refractivity contribution in [1.29, 1.82) is 0 Å². The first kappa shape index (κ1) is 11.7. The van der Waals surface area contributed by atoms with E-state index in [0.29, 0.717) is 5.88 Å². The summed E-state index contributed by atoms with van der Waals surface area (Å²) in [6.45, 7) is 3.17. The van der Waals surface area contributed by atoms with Crippen LogP contribution in [0.1, 0.15) is 18.9 Å². The van der Waals surface area contributed by atoms with Crippen LogP contribution in [0.25, 0.3) is 0 Å². The fourth-order valence-corrected chi connectivity index (χ4v) is 2.08. The van der Waals surface area contributed by atoms with E-state index >= 15 is 0 Å². The summed E-state index contributed by atoms with van der Waals surface area (Å²) in [5.74, 6) is 0.461. The highest BCUT2D eigenvalue weighted by atomic mass is 35.5. The van der Waals surface area contributed by atoms with E-state index < -0.39 is 0 Å². The lowest BCUT2D eigenvalue weighted by Gasteiger charge is -2.21. The molecule has 0 aliphatic carbocycles. The van der Waals surface area contributed by atoms with Gasteiger partial charge in [-0.05, 0) is 18.6 Å². The standard InChI is InChI=1S/C11H15Cl2N/c1-3-7-14(2)11-6-4-5-10(13)9(11)8-12/h4-6H,3,7-8H2,1-2H3. The second kappa shape index (κ2) is 5.47. The molecule has 3 heteroatoms. The van der Waals surface area contributed by atoms with Gasteiger partial charge < -0.3 is 4.90 Å². The minimum atomic E-state index is 0.461. The molecule has 78 valence electrons. The maximum atomic E-state index is 6.06. The Balaban J connectivity index is 3.00. The summed E-state index contributed by atoms with van der Waals surface area (Å²) in [6.07, 6.45) is 1.12. The Morgan fingerprint density at radius 2 is 2.07 bits per heavy atom. The van der Waals surface area contributed by atoms with E-state index in [9.17, 15) is 0 Å². The van der Waals surface area contributed by atoms with E-state index in [-0.39, 0.29) is 0 Å². The predicted octanol–water partition coefficient (Wildman–Crippen LogP) is 3.93. The first-order chi connectivity index (χ1) is 6.70. The van der Waals surface area contributed by atoms with Crippen molar-refractivity contribution in [2.75, 3.05) is 18.5 Å². The van der Waals surface area contributed by atoms with Gasteiger partial charge in [0.15, 0.2) is 0 Å². The Hall–Kier alpha value is -0.400. The zero-order valence-corrected chi connectivity index (χ0v) is 10.1. The van der Waals surface area contributed by atoms with Gasteiger partial charge in [0, 0.05) is 29.9 Å². The van der Waals surface area contributed by atoms with Crippen LogP contribution >= 0.6 is 23.2 Å². The minimum absolute atomic E-state index is 0.461. The smallest absolute Gasteiger partial charge is 0.0509 e. The van der Waals surface area contributed by atoms with Crippen molar-refractivity contribution >= 4 is 28.9 Å². The van der Waals surface area contributed by atoms with Crippen molar-refractivity contribution < 1.29 is 0 Å². The minimum Gasteiger partial charge on any atom is -0.374 e. The van der Waals surface area contributed by atoms with E-state index in [1.54, 1.807) is 0 Å². The molecule has 0 aromatic heterocycles. The maximum absolute atomic E-state index is 6.06.